The van der Waals surface area contributed by atoms with Crippen LogP contribution in [0.1, 0.15) is 12.5 Å². The maximum atomic E-state index is 12.5. The van der Waals surface area contributed by atoms with Crippen LogP contribution in [0.15, 0.2) is 52.1 Å². The van der Waals surface area contributed by atoms with Gasteiger partial charge in [-0.2, -0.15) is 0 Å². The Kier molecular flexibility index (Phi) is 5.47. The molecule has 1 atom stereocenters. The number of nitrogens with one attached hydrogen (secondary N) is 1. The van der Waals surface area contributed by atoms with Gasteiger partial charge in [-0.3, -0.25) is 4.79 Å². The highest BCUT2D eigenvalue weighted by Crippen LogP contribution is 2.42. The SMILES string of the molecule is C[C@H](Sc1nnc(-c2sc3ccccc3c2Cl)o1)C(=O)NCc1ccc2c(c1)OCO2. The van der Waals surface area contributed by atoms with Gasteiger partial charge in [0.25, 0.3) is 11.1 Å². The largest absolute Gasteiger partial charge is 0.454 e. The summed E-state index contributed by atoms with van der Waals surface area (Å²) in [5.74, 6) is 1.61. The molecule has 158 valence electrons. The second-order valence-electron chi connectivity index (χ2n) is 6.78. The van der Waals surface area contributed by atoms with Crippen LogP contribution in [0.4, 0.5) is 0 Å². The number of carbonyl (C=O) groups is 1. The van der Waals surface area contributed by atoms with E-state index in [0.29, 0.717) is 34.2 Å². The summed E-state index contributed by atoms with van der Waals surface area (Å²) in [6, 6.07) is 13.4. The lowest BCUT2D eigenvalue weighted by atomic mass is 10.2. The number of ether oxygens (including phenoxy) is 2. The second-order valence-corrected chi connectivity index (χ2v) is 9.50. The van der Waals surface area contributed by atoms with Crippen LogP contribution in [-0.4, -0.2) is 28.1 Å². The van der Waals surface area contributed by atoms with Gasteiger partial charge in [-0.1, -0.05) is 47.6 Å². The van der Waals surface area contributed by atoms with Gasteiger partial charge in [0.15, 0.2) is 11.5 Å². The number of rotatable bonds is 6. The summed E-state index contributed by atoms with van der Waals surface area (Å²) in [6.07, 6.45) is 0. The lowest BCUT2D eigenvalue weighted by molar-refractivity contribution is -0.120. The fourth-order valence-electron chi connectivity index (χ4n) is 3.09. The van der Waals surface area contributed by atoms with Gasteiger partial charge in [-0.15, -0.1) is 21.5 Å². The standard InChI is InChI=1S/C21H16ClN3O4S2/c1-11(19(26)23-9-12-6-7-14-15(8-12)28-10-27-14)30-21-25-24-20(29-21)18-17(22)13-4-2-3-5-16(13)31-18/h2-8,11H,9-10H2,1H3,(H,23,26)/t11-/m0/s1. The highest BCUT2D eigenvalue weighted by molar-refractivity contribution is 8.00. The van der Waals surface area contributed by atoms with E-state index in [0.717, 1.165) is 20.5 Å². The summed E-state index contributed by atoms with van der Waals surface area (Å²) >= 11 is 9.18. The van der Waals surface area contributed by atoms with Crippen LogP contribution in [0.5, 0.6) is 11.5 Å². The maximum Gasteiger partial charge on any atom is 0.277 e. The molecule has 1 aliphatic rings. The van der Waals surface area contributed by atoms with E-state index in [9.17, 15) is 4.79 Å². The topological polar surface area (TPSA) is 86.5 Å². The van der Waals surface area contributed by atoms with Crippen molar-refractivity contribution in [3.05, 3.63) is 53.1 Å². The highest BCUT2D eigenvalue weighted by Gasteiger charge is 2.21. The molecule has 4 aromatic rings. The lowest BCUT2D eigenvalue weighted by Crippen LogP contribution is -2.30. The summed E-state index contributed by atoms with van der Waals surface area (Å²) in [6.45, 7) is 2.39. The number of thiophene rings is 1. The first-order valence-electron chi connectivity index (χ1n) is 9.42. The van der Waals surface area contributed by atoms with Gasteiger partial charge in [0, 0.05) is 16.6 Å². The Morgan fingerprint density at radius 1 is 1.23 bits per heavy atom. The molecule has 31 heavy (non-hydrogen) atoms. The van der Waals surface area contributed by atoms with Gasteiger partial charge in [0.2, 0.25) is 12.7 Å². The van der Waals surface area contributed by atoms with E-state index in [1.165, 1.54) is 23.1 Å². The van der Waals surface area contributed by atoms with E-state index >= 15 is 0 Å². The van der Waals surface area contributed by atoms with E-state index in [2.05, 4.69) is 15.5 Å². The molecule has 0 aliphatic carbocycles. The zero-order valence-electron chi connectivity index (χ0n) is 16.3. The molecule has 1 N–H and O–H groups in total. The Balaban J connectivity index is 1.22. The number of benzene rings is 2. The monoisotopic (exact) mass is 473 g/mol. The van der Waals surface area contributed by atoms with E-state index in [-0.39, 0.29) is 12.7 Å². The predicted octanol–water partition coefficient (Wildman–Crippen LogP) is 5.13. The van der Waals surface area contributed by atoms with Gasteiger partial charge in [0.1, 0.15) is 4.88 Å². The number of fused-ring (bicyclic) bond motifs is 2. The van der Waals surface area contributed by atoms with E-state index < -0.39 is 5.25 Å². The third kappa shape index (κ3) is 4.08. The minimum Gasteiger partial charge on any atom is -0.454 e. The molecule has 3 heterocycles. The molecule has 0 spiro atoms. The number of hydrogen-bond acceptors (Lipinski definition) is 8. The molecule has 5 rings (SSSR count). The van der Waals surface area contributed by atoms with E-state index in [1.807, 2.05) is 42.5 Å². The first-order chi connectivity index (χ1) is 15.1. The summed E-state index contributed by atoms with van der Waals surface area (Å²) in [4.78, 5) is 13.2. The summed E-state index contributed by atoms with van der Waals surface area (Å²) < 4.78 is 17.5. The maximum absolute atomic E-state index is 12.5. The quantitative estimate of drug-likeness (QED) is 0.388. The van der Waals surface area contributed by atoms with Crippen molar-refractivity contribution in [1.29, 1.82) is 0 Å². The summed E-state index contributed by atoms with van der Waals surface area (Å²) in [5.41, 5.74) is 0.925. The van der Waals surface area contributed by atoms with Crippen molar-refractivity contribution in [3.8, 4) is 22.3 Å². The normalized spacial score (nSPS) is 13.5. The van der Waals surface area contributed by atoms with Crippen LogP contribution in [0.3, 0.4) is 0 Å². The van der Waals surface area contributed by atoms with Crippen molar-refractivity contribution >= 4 is 50.7 Å². The minimum atomic E-state index is -0.416. The Morgan fingerprint density at radius 3 is 2.94 bits per heavy atom. The summed E-state index contributed by atoms with van der Waals surface area (Å²) in [7, 11) is 0. The molecule has 1 aliphatic heterocycles. The van der Waals surface area contributed by atoms with Crippen molar-refractivity contribution in [2.24, 2.45) is 0 Å². The summed E-state index contributed by atoms with van der Waals surface area (Å²) in [5, 5.41) is 12.5. The molecule has 0 bridgehead atoms. The van der Waals surface area contributed by atoms with E-state index in [4.69, 9.17) is 25.5 Å². The molecule has 2 aromatic carbocycles. The van der Waals surface area contributed by atoms with Crippen LogP contribution in [-0.2, 0) is 11.3 Å². The van der Waals surface area contributed by atoms with E-state index in [1.54, 1.807) is 6.92 Å². The molecule has 7 nitrogen and oxygen atoms in total. The molecule has 10 heteroatoms. The van der Waals surface area contributed by atoms with Crippen LogP contribution < -0.4 is 14.8 Å². The van der Waals surface area contributed by atoms with Gasteiger partial charge in [-0.25, -0.2) is 0 Å². The lowest BCUT2D eigenvalue weighted by Gasteiger charge is -2.10. The number of carbonyl (C=O) groups excluding carboxylic acids is 1. The molecular formula is C21H16ClN3O4S2. The van der Waals surface area contributed by atoms with Gasteiger partial charge >= 0.3 is 0 Å². The molecular weight excluding hydrogens is 458 g/mol. The van der Waals surface area contributed by atoms with Gasteiger partial charge < -0.3 is 19.2 Å². The smallest absolute Gasteiger partial charge is 0.277 e. The van der Waals surface area contributed by atoms with Gasteiger partial charge in [0.05, 0.1) is 10.3 Å². The average molecular weight is 474 g/mol. The van der Waals surface area contributed by atoms with Crippen molar-refractivity contribution in [1.82, 2.24) is 15.5 Å². The van der Waals surface area contributed by atoms with Crippen molar-refractivity contribution in [3.63, 3.8) is 0 Å². The Hall–Kier alpha value is -2.75. The minimum absolute atomic E-state index is 0.137. The van der Waals surface area contributed by atoms with Crippen molar-refractivity contribution < 1.29 is 18.7 Å². The molecule has 0 radical (unpaired) electrons. The Bertz CT molecular complexity index is 1270. The third-order valence-electron chi connectivity index (χ3n) is 4.69. The van der Waals surface area contributed by atoms with Crippen LogP contribution in [0.25, 0.3) is 20.9 Å². The number of halogens is 1. The Morgan fingerprint density at radius 2 is 2.06 bits per heavy atom. The molecule has 0 fully saturated rings. The van der Waals surface area contributed by atoms with Crippen LogP contribution in [0.2, 0.25) is 5.02 Å². The van der Waals surface area contributed by atoms with Crippen molar-refractivity contribution in [2.75, 3.05) is 6.79 Å². The Labute approximate surface area is 190 Å². The average Bonchev–Trinajstić information content (AvgIpc) is 3.51. The van der Waals surface area contributed by atoms with Crippen LogP contribution >= 0.6 is 34.7 Å². The number of nitrogens with zero attached hydrogens (tertiary/aromatic N) is 2. The molecule has 1 amide bonds. The number of amides is 1. The molecule has 0 saturated carbocycles. The number of thioether (sulfide) groups is 1. The number of aromatic nitrogens is 2. The molecule has 0 saturated heterocycles. The fourth-order valence-corrected chi connectivity index (χ4v) is 5.23. The zero-order valence-corrected chi connectivity index (χ0v) is 18.6. The van der Waals surface area contributed by atoms with Gasteiger partial charge in [-0.05, 0) is 30.7 Å². The van der Waals surface area contributed by atoms with Crippen LogP contribution in [0, 0.1) is 0 Å². The first-order valence-corrected chi connectivity index (χ1v) is 11.5. The third-order valence-corrected chi connectivity index (χ3v) is 7.28. The first kappa shape index (κ1) is 20.2. The highest BCUT2D eigenvalue weighted by atomic mass is 35.5. The predicted molar refractivity (Wildman–Crippen MR) is 120 cm³/mol. The molecule has 2 aromatic heterocycles. The molecule has 0 unspecified atom stereocenters. The number of hydrogen-bond donors (Lipinski definition) is 1. The second kappa shape index (κ2) is 8.41. The van der Waals surface area contributed by atoms with Crippen molar-refractivity contribution in [2.45, 2.75) is 23.9 Å². The fraction of sp³-hybridized carbons (Fsp3) is 0.190. The zero-order chi connectivity index (χ0) is 21.4.